The fourth-order valence-electron chi connectivity index (χ4n) is 3.60. The lowest BCUT2D eigenvalue weighted by molar-refractivity contribution is -0.130. The Morgan fingerprint density at radius 3 is 2.28 bits per heavy atom. The van der Waals surface area contributed by atoms with Gasteiger partial charge in [0, 0.05) is 17.7 Å². The van der Waals surface area contributed by atoms with E-state index in [0.717, 1.165) is 16.9 Å². The number of nitrogens with one attached hydrogen (secondary N) is 2. The summed E-state index contributed by atoms with van der Waals surface area (Å²) < 4.78 is 15.0. The topological polar surface area (TPSA) is 76.0 Å². The molecule has 0 bridgehead atoms. The first-order valence-electron chi connectivity index (χ1n) is 10.7. The monoisotopic (exact) mass is 436 g/mol. The summed E-state index contributed by atoms with van der Waals surface area (Å²) in [6.07, 6.45) is 2.04. The number of carbonyl (C=O) groups excluding carboxylic acids is 2. The van der Waals surface area contributed by atoms with E-state index in [4.69, 9.17) is 0 Å². The molecule has 3 rings (SSSR count). The van der Waals surface area contributed by atoms with Gasteiger partial charge in [-0.25, -0.2) is 9.07 Å². The first-order valence-corrected chi connectivity index (χ1v) is 10.7. The predicted octanol–water partition coefficient (Wildman–Crippen LogP) is 4.40. The second-order valence-electron chi connectivity index (χ2n) is 8.31. The van der Waals surface area contributed by atoms with Gasteiger partial charge in [-0.2, -0.15) is 5.10 Å². The van der Waals surface area contributed by atoms with Crippen LogP contribution in [0.3, 0.4) is 0 Å². The fraction of sp³-hybridized carbons (Fsp3) is 0.320. The van der Waals surface area contributed by atoms with Crippen LogP contribution in [-0.2, 0) is 9.59 Å². The molecule has 0 radical (unpaired) electrons. The average Bonchev–Trinajstić information content (AvgIpc) is 3.14. The van der Waals surface area contributed by atoms with E-state index in [0.29, 0.717) is 12.0 Å². The van der Waals surface area contributed by atoms with E-state index in [9.17, 15) is 14.0 Å². The molecule has 2 atom stereocenters. The standard InChI is InChI=1S/C25H29FN4O2/c1-16(2)14-23(31)29-24(19-8-6-5-7-9-19)25(32)28-17(3)22-15-27-30(18(22)4)21-12-10-20(26)11-13-21/h5-13,15-17,24H,14H2,1-4H3,(H,28,32)(H,29,31). The predicted molar refractivity (Wildman–Crippen MR) is 122 cm³/mol. The SMILES string of the molecule is Cc1c(C(C)NC(=O)C(NC(=O)CC(C)C)c2ccccc2)cnn1-c1ccc(F)cc1. The lowest BCUT2D eigenvalue weighted by Gasteiger charge is -2.22. The second-order valence-corrected chi connectivity index (χ2v) is 8.31. The van der Waals surface area contributed by atoms with E-state index in [1.807, 2.05) is 58.0 Å². The molecule has 2 N–H and O–H groups in total. The van der Waals surface area contributed by atoms with Crippen LogP contribution in [0.15, 0.2) is 60.8 Å². The molecule has 6 nitrogen and oxygen atoms in total. The van der Waals surface area contributed by atoms with Crippen LogP contribution in [0.5, 0.6) is 0 Å². The molecule has 168 valence electrons. The van der Waals surface area contributed by atoms with Crippen LogP contribution in [0.4, 0.5) is 4.39 Å². The molecule has 0 spiro atoms. The van der Waals surface area contributed by atoms with Crippen LogP contribution < -0.4 is 10.6 Å². The first kappa shape index (κ1) is 23.2. The highest BCUT2D eigenvalue weighted by Crippen LogP contribution is 2.22. The third-order valence-corrected chi connectivity index (χ3v) is 5.24. The smallest absolute Gasteiger partial charge is 0.247 e. The van der Waals surface area contributed by atoms with Crippen LogP contribution in [0.1, 0.15) is 56.1 Å². The number of halogens is 1. The number of hydrogen-bond donors (Lipinski definition) is 2. The van der Waals surface area contributed by atoms with Crippen molar-refractivity contribution in [2.45, 2.75) is 46.2 Å². The van der Waals surface area contributed by atoms with Gasteiger partial charge in [0.05, 0.1) is 17.9 Å². The van der Waals surface area contributed by atoms with Crippen molar-refractivity contribution in [3.63, 3.8) is 0 Å². The van der Waals surface area contributed by atoms with Crippen LogP contribution in [0.2, 0.25) is 0 Å². The number of carbonyl (C=O) groups is 2. The van der Waals surface area contributed by atoms with Crippen LogP contribution in [-0.4, -0.2) is 21.6 Å². The molecule has 32 heavy (non-hydrogen) atoms. The Balaban J connectivity index is 1.78. The van der Waals surface area contributed by atoms with Gasteiger partial charge in [0.1, 0.15) is 11.9 Å². The summed E-state index contributed by atoms with van der Waals surface area (Å²) in [6.45, 7) is 7.68. The molecule has 0 saturated carbocycles. The van der Waals surface area contributed by atoms with Gasteiger partial charge in [0.15, 0.2) is 0 Å². The minimum Gasteiger partial charge on any atom is -0.347 e. The lowest BCUT2D eigenvalue weighted by atomic mass is 10.0. The molecule has 1 heterocycles. The van der Waals surface area contributed by atoms with Crippen LogP contribution >= 0.6 is 0 Å². The van der Waals surface area contributed by atoms with Gasteiger partial charge in [-0.05, 0) is 49.6 Å². The Morgan fingerprint density at radius 1 is 1.00 bits per heavy atom. The zero-order valence-corrected chi connectivity index (χ0v) is 18.8. The van der Waals surface area contributed by atoms with Crippen molar-refractivity contribution in [2.75, 3.05) is 0 Å². The summed E-state index contributed by atoms with van der Waals surface area (Å²) in [5.41, 5.74) is 3.12. The Bertz CT molecular complexity index is 1060. The maximum absolute atomic E-state index is 13.2. The maximum Gasteiger partial charge on any atom is 0.247 e. The molecule has 0 aliphatic heterocycles. The molecule has 2 aromatic carbocycles. The number of nitrogens with zero attached hydrogens (tertiary/aromatic N) is 2. The summed E-state index contributed by atoms with van der Waals surface area (Å²) in [6, 6.07) is 14.1. The molecule has 0 saturated heterocycles. The fourth-order valence-corrected chi connectivity index (χ4v) is 3.60. The molecule has 0 aliphatic rings. The van der Waals surface area contributed by atoms with E-state index in [1.165, 1.54) is 12.1 Å². The van der Waals surface area contributed by atoms with Gasteiger partial charge in [-0.3, -0.25) is 9.59 Å². The van der Waals surface area contributed by atoms with Gasteiger partial charge in [-0.1, -0.05) is 44.2 Å². The molecule has 2 amide bonds. The molecule has 1 aromatic heterocycles. The highest BCUT2D eigenvalue weighted by molar-refractivity contribution is 5.89. The number of amides is 2. The number of rotatable bonds is 8. The third-order valence-electron chi connectivity index (χ3n) is 5.24. The third kappa shape index (κ3) is 5.60. The van der Waals surface area contributed by atoms with Crippen molar-refractivity contribution < 1.29 is 14.0 Å². The quantitative estimate of drug-likeness (QED) is 0.550. The second kappa shape index (κ2) is 10.2. The Kier molecular flexibility index (Phi) is 7.41. The molecule has 7 heteroatoms. The van der Waals surface area contributed by atoms with Crippen molar-refractivity contribution in [2.24, 2.45) is 5.92 Å². The van der Waals surface area contributed by atoms with Crippen molar-refractivity contribution in [3.05, 3.63) is 83.4 Å². The van der Waals surface area contributed by atoms with Crippen molar-refractivity contribution in [1.82, 2.24) is 20.4 Å². The zero-order chi connectivity index (χ0) is 23.3. The molecule has 0 aliphatic carbocycles. The number of hydrogen-bond acceptors (Lipinski definition) is 3. The number of aromatic nitrogens is 2. The highest BCUT2D eigenvalue weighted by Gasteiger charge is 2.25. The van der Waals surface area contributed by atoms with Crippen LogP contribution in [0, 0.1) is 18.7 Å². The normalized spacial score (nSPS) is 12.9. The van der Waals surface area contributed by atoms with E-state index in [-0.39, 0.29) is 29.6 Å². The van der Waals surface area contributed by atoms with Crippen molar-refractivity contribution in [3.8, 4) is 5.69 Å². The Labute approximate surface area is 187 Å². The number of benzene rings is 2. The summed E-state index contributed by atoms with van der Waals surface area (Å²) in [5, 5.41) is 10.3. The van der Waals surface area contributed by atoms with E-state index < -0.39 is 6.04 Å². The highest BCUT2D eigenvalue weighted by atomic mass is 19.1. The molecular formula is C25H29FN4O2. The maximum atomic E-state index is 13.2. The van der Waals surface area contributed by atoms with Crippen molar-refractivity contribution >= 4 is 11.8 Å². The van der Waals surface area contributed by atoms with Crippen molar-refractivity contribution in [1.29, 1.82) is 0 Å². The molecule has 2 unspecified atom stereocenters. The largest absolute Gasteiger partial charge is 0.347 e. The molecular weight excluding hydrogens is 407 g/mol. The molecule has 0 fully saturated rings. The minimum atomic E-state index is -0.794. The van der Waals surface area contributed by atoms with Gasteiger partial charge in [-0.15, -0.1) is 0 Å². The summed E-state index contributed by atoms with van der Waals surface area (Å²) in [7, 11) is 0. The van der Waals surface area contributed by atoms with Gasteiger partial charge >= 0.3 is 0 Å². The van der Waals surface area contributed by atoms with E-state index in [1.54, 1.807) is 23.0 Å². The minimum absolute atomic E-state index is 0.169. The average molecular weight is 437 g/mol. The van der Waals surface area contributed by atoms with E-state index in [2.05, 4.69) is 15.7 Å². The van der Waals surface area contributed by atoms with Gasteiger partial charge in [0.25, 0.3) is 0 Å². The first-order chi connectivity index (χ1) is 15.3. The summed E-state index contributed by atoms with van der Waals surface area (Å²) in [5.74, 6) is -0.592. The lowest BCUT2D eigenvalue weighted by Crippen LogP contribution is -2.41. The van der Waals surface area contributed by atoms with Gasteiger partial charge < -0.3 is 10.6 Å². The summed E-state index contributed by atoms with van der Waals surface area (Å²) >= 11 is 0. The Hall–Kier alpha value is -3.48. The van der Waals surface area contributed by atoms with Gasteiger partial charge in [0.2, 0.25) is 11.8 Å². The summed E-state index contributed by atoms with van der Waals surface area (Å²) in [4.78, 5) is 25.6. The molecule has 3 aromatic rings. The Morgan fingerprint density at radius 2 is 1.66 bits per heavy atom. The zero-order valence-electron chi connectivity index (χ0n) is 18.8. The van der Waals surface area contributed by atoms with Crippen LogP contribution in [0.25, 0.3) is 5.69 Å². The van der Waals surface area contributed by atoms with E-state index >= 15 is 0 Å².